The number of ether oxygens (including phenoxy) is 1. The van der Waals surface area contributed by atoms with Gasteiger partial charge < -0.3 is 10.1 Å². The normalized spacial score (nSPS) is 15.1. The maximum atomic E-state index is 11.5. The van der Waals surface area contributed by atoms with Gasteiger partial charge in [0.1, 0.15) is 5.75 Å². The van der Waals surface area contributed by atoms with E-state index in [1.807, 2.05) is 13.0 Å². The van der Waals surface area contributed by atoms with Crippen molar-refractivity contribution in [2.24, 2.45) is 0 Å². The highest BCUT2D eigenvalue weighted by molar-refractivity contribution is 6.00. The van der Waals surface area contributed by atoms with Gasteiger partial charge in [-0.1, -0.05) is 0 Å². The second kappa shape index (κ2) is 5.21. The summed E-state index contributed by atoms with van der Waals surface area (Å²) in [6.07, 6.45) is 0.811. The molecule has 0 radical (unpaired) electrons. The zero-order chi connectivity index (χ0) is 13.1. The van der Waals surface area contributed by atoms with E-state index in [1.54, 1.807) is 19.1 Å². The molecule has 1 atom stereocenters. The Morgan fingerprint density at radius 1 is 1.44 bits per heavy atom. The minimum absolute atomic E-state index is 0.130. The molecule has 0 saturated heterocycles. The highest BCUT2D eigenvalue weighted by Gasteiger charge is 2.20. The number of hydrogen-bond acceptors (Lipinski definition) is 3. The van der Waals surface area contributed by atoms with Crippen LogP contribution in [0.15, 0.2) is 18.2 Å². The zero-order valence-corrected chi connectivity index (χ0v) is 10.7. The van der Waals surface area contributed by atoms with Gasteiger partial charge in [0.2, 0.25) is 0 Å². The van der Waals surface area contributed by atoms with Gasteiger partial charge in [-0.3, -0.25) is 9.59 Å². The van der Waals surface area contributed by atoms with Crippen LogP contribution in [0.25, 0.3) is 0 Å². The first kappa shape index (κ1) is 12.6. The van der Waals surface area contributed by atoms with Crippen molar-refractivity contribution >= 4 is 11.7 Å². The largest absolute Gasteiger partial charge is 0.481 e. The molecule has 1 amide bonds. The number of amides is 1. The van der Waals surface area contributed by atoms with Crippen molar-refractivity contribution in [3.8, 4) is 5.75 Å². The van der Waals surface area contributed by atoms with Crippen molar-refractivity contribution in [2.75, 3.05) is 6.54 Å². The van der Waals surface area contributed by atoms with Gasteiger partial charge in [-0.25, -0.2) is 0 Å². The summed E-state index contributed by atoms with van der Waals surface area (Å²) in [6, 6.07) is 5.39. The highest BCUT2D eigenvalue weighted by atomic mass is 16.5. The number of rotatable bonds is 4. The van der Waals surface area contributed by atoms with E-state index in [2.05, 4.69) is 5.32 Å². The van der Waals surface area contributed by atoms with Crippen molar-refractivity contribution in [3.05, 3.63) is 29.3 Å². The zero-order valence-electron chi connectivity index (χ0n) is 10.7. The molecule has 0 aromatic heterocycles. The molecular weight excluding hydrogens is 230 g/mol. The fourth-order valence-corrected chi connectivity index (χ4v) is 2.08. The number of fused-ring (bicyclic) bond motifs is 1. The van der Waals surface area contributed by atoms with E-state index in [0.717, 1.165) is 17.5 Å². The predicted molar refractivity (Wildman–Crippen MR) is 67.9 cm³/mol. The molecule has 0 fully saturated rings. The molecule has 1 aromatic rings. The molecule has 96 valence electrons. The summed E-state index contributed by atoms with van der Waals surface area (Å²) in [5, 5.41) is 2.71. The van der Waals surface area contributed by atoms with Crippen molar-refractivity contribution in [1.29, 1.82) is 0 Å². The van der Waals surface area contributed by atoms with Crippen molar-refractivity contribution in [3.63, 3.8) is 0 Å². The van der Waals surface area contributed by atoms with Crippen LogP contribution in [-0.4, -0.2) is 24.3 Å². The van der Waals surface area contributed by atoms with E-state index < -0.39 is 6.10 Å². The molecule has 4 nitrogen and oxygen atoms in total. The summed E-state index contributed by atoms with van der Waals surface area (Å²) < 4.78 is 5.57. The molecule has 2 rings (SSSR count). The van der Waals surface area contributed by atoms with Crippen LogP contribution < -0.4 is 10.1 Å². The molecule has 0 aliphatic heterocycles. The first-order valence-electron chi connectivity index (χ1n) is 6.22. The summed E-state index contributed by atoms with van der Waals surface area (Å²) in [5.41, 5.74) is 1.80. The summed E-state index contributed by atoms with van der Waals surface area (Å²) in [7, 11) is 0. The predicted octanol–water partition coefficient (Wildman–Crippen LogP) is 1.72. The van der Waals surface area contributed by atoms with Gasteiger partial charge in [0.05, 0.1) is 0 Å². The second-order valence-corrected chi connectivity index (χ2v) is 4.40. The van der Waals surface area contributed by atoms with Crippen LogP contribution in [0.2, 0.25) is 0 Å². The lowest BCUT2D eigenvalue weighted by Crippen LogP contribution is -2.36. The first-order chi connectivity index (χ1) is 8.61. The standard InChI is InChI=1S/C14H17NO3/c1-3-15-14(17)9(2)18-11-5-6-12-10(8-11)4-7-13(12)16/h5-6,8-9H,3-4,7H2,1-2H3,(H,15,17). The Hall–Kier alpha value is -1.84. The maximum absolute atomic E-state index is 11.5. The minimum atomic E-state index is -0.528. The molecule has 1 aliphatic rings. The van der Waals surface area contributed by atoms with Gasteiger partial charge in [0, 0.05) is 18.5 Å². The average molecular weight is 247 g/mol. The quantitative estimate of drug-likeness (QED) is 0.881. The van der Waals surface area contributed by atoms with Gasteiger partial charge in [-0.15, -0.1) is 0 Å². The van der Waals surface area contributed by atoms with E-state index >= 15 is 0 Å². The molecule has 0 saturated carbocycles. The van der Waals surface area contributed by atoms with Crippen LogP contribution >= 0.6 is 0 Å². The fourth-order valence-electron chi connectivity index (χ4n) is 2.08. The molecular formula is C14H17NO3. The lowest BCUT2D eigenvalue weighted by atomic mass is 10.1. The van der Waals surface area contributed by atoms with Gasteiger partial charge in [-0.2, -0.15) is 0 Å². The molecule has 1 N–H and O–H groups in total. The lowest BCUT2D eigenvalue weighted by Gasteiger charge is -2.14. The SMILES string of the molecule is CCNC(=O)C(C)Oc1ccc2c(c1)CCC2=O. The molecule has 18 heavy (non-hydrogen) atoms. The smallest absolute Gasteiger partial charge is 0.260 e. The van der Waals surface area contributed by atoms with Crippen LogP contribution in [0.1, 0.15) is 36.2 Å². The third kappa shape index (κ3) is 2.53. The molecule has 0 heterocycles. The van der Waals surface area contributed by atoms with Gasteiger partial charge in [0.25, 0.3) is 5.91 Å². The number of benzene rings is 1. The van der Waals surface area contributed by atoms with E-state index in [9.17, 15) is 9.59 Å². The lowest BCUT2D eigenvalue weighted by molar-refractivity contribution is -0.127. The summed E-state index contributed by atoms with van der Waals surface area (Å²) >= 11 is 0. The average Bonchev–Trinajstić information content (AvgIpc) is 2.71. The van der Waals surface area contributed by atoms with Crippen molar-refractivity contribution in [2.45, 2.75) is 32.8 Å². The van der Waals surface area contributed by atoms with Crippen LogP contribution in [-0.2, 0) is 11.2 Å². The van der Waals surface area contributed by atoms with Crippen molar-refractivity contribution < 1.29 is 14.3 Å². The highest BCUT2D eigenvalue weighted by Crippen LogP contribution is 2.26. The molecule has 0 spiro atoms. The summed E-state index contributed by atoms with van der Waals surface area (Å²) in [6.45, 7) is 4.17. The Labute approximate surface area is 106 Å². The Morgan fingerprint density at radius 3 is 2.94 bits per heavy atom. The molecule has 0 bridgehead atoms. The maximum Gasteiger partial charge on any atom is 0.260 e. The van der Waals surface area contributed by atoms with Crippen molar-refractivity contribution in [1.82, 2.24) is 5.32 Å². The molecule has 1 unspecified atom stereocenters. The number of nitrogens with one attached hydrogen (secondary N) is 1. The number of likely N-dealkylation sites (N-methyl/N-ethyl adjacent to an activating group) is 1. The Kier molecular flexibility index (Phi) is 3.65. The number of carbonyl (C=O) groups excluding carboxylic acids is 2. The number of carbonyl (C=O) groups is 2. The molecule has 1 aliphatic carbocycles. The topological polar surface area (TPSA) is 55.4 Å². The van der Waals surface area contributed by atoms with Crippen LogP contribution in [0.4, 0.5) is 0 Å². The summed E-state index contributed by atoms with van der Waals surface area (Å²) in [4.78, 5) is 23.0. The Balaban J connectivity index is 2.07. The number of hydrogen-bond donors (Lipinski definition) is 1. The van der Waals surface area contributed by atoms with Crippen LogP contribution in [0, 0.1) is 0 Å². The van der Waals surface area contributed by atoms with E-state index in [1.165, 1.54) is 0 Å². The Morgan fingerprint density at radius 2 is 2.22 bits per heavy atom. The number of aryl methyl sites for hydroxylation is 1. The number of ketones is 1. The third-order valence-corrected chi connectivity index (χ3v) is 3.03. The van der Waals surface area contributed by atoms with Gasteiger partial charge in [0.15, 0.2) is 11.9 Å². The summed E-state index contributed by atoms with van der Waals surface area (Å²) in [5.74, 6) is 0.699. The molecule has 1 aromatic carbocycles. The third-order valence-electron chi connectivity index (χ3n) is 3.03. The second-order valence-electron chi connectivity index (χ2n) is 4.40. The minimum Gasteiger partial charge on any atom is -0.481 e. The van der Waals surface area contributed by atoms with E-state index in [0.29, 0.717) is 18.7 Å². The Bertz CT molecular complexity index is 482. The number of Topliss-reactive ketones (excluding diaryl/α,β-unsaturated/α-hetero) is 1. The fraction of sp³-hybridized carbons (Fsp3) is 0.429. The van der Waals surface area contributed by atoms with Crippen LogP contribution in [0.3, 0.4) is 0 Å². The monoisotopic (exact) mass is 247 g/mol. The van der Waals surface area contributed by atoms with Gasteiger partial charge >= 0.3 is 0 Å². The van der Waals surface area contributed by atoms with Crippen LogP contribution in [0.5, 0.6) is 5.75 Å². The van der Waals surface area contributed by atoms with Gasteiger partial charge in [-0.05, 0) is 44.0 Å². The van der Waals surface area contributed by atoms with E-state index in [-0.39, 0.29) is 11.7 Å². The molecule has 4 heteroatoms. The van der Waals surface area contributed by atoms with E-state index in [4.69, 9.17) is 4.74 Å². The first-order valence-corrected chi connectivity index (χ1v) is 6.22.